The zero-order valence-corrected chi connectivity index (χ0v) is 54.3. The van der Waals surface area contributed by atoms with Crippen LogP contribution in [0.1, 0.15) is 81.1 Å². The summed E-state index contributed by atoms with van der Waals surface area (Å²) in [6.07, 6.45) is 8.47. The van der Waals surface area contributed by atoms with Crippen LogP contribution in [0.4, 0.5) is 39.9 Å². The smallest absolute Gasteiger partial charge is 0.332 e. The van der Waals surface area contributed by atoms with Gasteiger partial charge in [0.25, 0.3) is 5.88 Å². The molecule has 29 nitrogen and oxygen atoms in total. The molecule has 36 heteroatoms. The zero-order chi connectivity index (χ0) is 67.8. The number of hydrogen-bond acceptors (Lipinski definition) is 23. The summed E-state index contributed by atoms with van der Waals surface area (Å²) in [6.45, 7) is 16.0. The monoisotopic (exact) mass is 1380 g/mol. The Morgan fingerprint density at radius 3 is 1.21 bits per heavy atom. The van der Waals surface area contributed by atoms with Crippen LogP contribution in [-0.2, 0) is 23.9 Å². The van der Waals surface area contributed by atoms with Gasteiger partial charge in [-0.15, -0.1) is 0 Å². The highest BCUT2D eigenvalue weighted by atomic mass is 35.5. The van der Waals surface area contributed by atoms with Crippen LogP contribution >= 0.6 is 81.2 Å². The van der Waals surface area contributed by atoms with Gasteiger partial charge in [0.2, 0.25) is 40.4 Å². The fourth-order valence-electron chi connectivity index (χ4n) is 6.41. The Bertz CT molecular complexity index is 3310. The van der Waals surface area contributed by atoms with Crippen molar-refractivity contribution in [1.29, 1.82) is 0 Å². The van der Waals surface area contributed by atoms with Crippen LogP contribution < -0.4 is 41.0 Å². The third-order valence-electron chi connectivity index (χ3n) is 9.95. The minimum Gasteiger partial charge on any atom is -0.481 e. The lowest BCUT2D eigenvalue weighted by Gasteiger charge is -2.22. The molecule has 6 aromatic heterocycles. The van der Waals surface area contributed by atoms with Gasteiger partial charge in [-0.3, -0.25) is 49.5 Å². The second-order valence-electron chi connectivity index (χ2n) is 18.7. The van der Waals surface area contributed by atoms with E-state index in [1.54, 1.807) is 45.9 Å². The zero-order valence-electron chi connectivity index (χ0n) is 49.0. The van der Waals surface area contributed by atoms with E-state index >= 15 is 0 Å². The molecule has 0 spiro atoms. The highest BCUT2D eigenvalue weighted by Crippen LogP contribution is 2.32. The summed E-state index contributed by atoms with van der Waals surface area (Å²) in [5, 5.41) is 46.8. The Morgan fingerprint density at radius 2 is 0.831 bits per heavy atom. The average Bonchev–Trinajstić information content (AvgIpc) is 3.52. The number of ether oxygens (including phenoxy) is 5. The topological polar surface area (TPSA) is 418 Å². The van der Waals surface area contributed by atoms with Crippen LogP contribution in [0.3, 0.4) is 0 Å². The van der Waals surface area contributed by atoms with Gasteiger partial charge in [-0.1, -0.05) is 109 Å². The van der Waals surface area contributed by atoms with Crippen molar-refractivity contribution in [1.82, 2.24) is 29.9 Å². The normalized spacial score (nSPS) is 10.3. The maximum absolute atomic E-state index is 12.2. The number of nitro groups is 3. The van der Waals surface area contributed by atoms with Crippen LogP contribution in [0.25, 0.3) is 0 Å². The SMILES string of the molecule is CCOc1ncc(Cl)cc1N.CCOc1ncc(Cl)cc1NC(=O)CC(C)(C)CC(=O)O.CCOc1ncc(Cl)cc1NC(=O)CC(C)(C)CC(=O)OC.CCOc1ncc(Cl)cc1[N+](=O)[O-].Nc1ncc(Cl)cc1[N+](=O)[O-].O=[N+]([O-])c1cc(Cl)cnc1Cl. The lowest BCUT2D eigenvalue weighted by molar-refractivity contribution is -0.386. The van der Waals surface area contributed by atoms with Crippen molar-refractivity contribution >= 4 is 145 Å². The summed E-state index contributed by atoms with van der Waals surface area (Å²) in [5.41, 5.74) is 10.0. The van der Waals surface area contributed by atoms with E-state index in [0.29, 0.717) is 70.3 Å². The number of nitrogen functional groups attached to an aromatic ring is 2. The van der Waals surface area contributed by atoms with E-state index in [1.165, 1.54) is 50.4 Å². The molecule has 6 heterocycles. The summed E-state index contributed by atoms with van der Waals surface area (Å²) in [7, 11) is 1.32. The van der Waals surface area contributed by atoms with Crippen molar-refractivity contribution in [3.63, 3.8) is 0 Å². The van der Waals surface area contributed by atoms with Gasteiger partial charge in [-0.2, -0.15) is 0 Å². The molecule has 484 valence electrons. The summed E-state index contributed by atoms with van der Waals surface area (Å²) in [5.74, 6) is -0.944. The first-order valence-electron chi connectivity index (χ1n) is 25.5. The van der Waals surface area contributed by atoms with Gasteiger partial charge in [-0.05, 0) is 56.7 Å². The van der Waals surface area contributed by atoms with E-state index < -0.39 is 31.6 Å². The number of halogens is 7. The number of nitrogens with one attached hydrogen (secondary N) is 2. The molecule has 0 fully saturated rings. The molecule has 0 unspecified atom stereocenters. The van der Waals surface area contributed by atoms with E-state index in [0.717, 1.165) is 12.1 Å². The summed E-state index contributed by atoms with van der Waals surface area (Å²) in [6, 6.07) is 8.24. The molecule has 0 aliphatic heterocycles. The third-order valence-corrected chi connectivity index (χ3v) is 11.5. The first-order chi connectivity index (χ1) is 41.6. The van der Waals surface area contributed by atoms with Crippen LogP contribution in [0.15, 0.2) is 73.6 Å². The number of pyridine rings is 6. The molecule has 0 radical (unpaired) electrons. The van der Waals surface area contributed by atoms with Gasteiger partial charge in [0, 0.05) is 62.0 Å². The number of rotatable bonds is 21. The van der Waals surface area contributed by atoms with Crippen LogP contribution in [0, 0.1) is 41.2 Å². The molecule has 0 aromatic carbocycles. The summed E-state index contributed by atoms with van der Waals surface area (Å²) < 4.78 is 25.3. The van der Waals surface area contributed by atoms with E-state index in [4.69, 9.17) is 117 Å². The molecule has 7 N–H and O–H groups in total. The number of esters is 1. The molecule has 2 amide bonds. The van der Waals surface area contributed by atoms with Crippen molar-refractivity contribution in [2.45, 2.75) is 81.1 Å². The highest BCUT2D eigenvalue weighted by molar-refractivity contribution is 6.34. The highest BCUT2D eigenvalue weighted by Gasteiger charge is 2.28. The van der Waals surface area contributed by atoms with Crippen molar-refractivity contribution in [3.8, 4) is 23.5 Å². The average molecular weight is 1390 g/mol. The van der Waals surface area contributed by atoms with E-state index in [9.17, 15) is 49.5 Å². The Labute approximate surface area is 544 Å². The second kappa shape index (κ2) is 39.7. The molecule has 0 saturated heterocycles. The molecule has 0 saturated carbocycles. The third kappa shape index (κ3) is 31.5. The molecule has 0 aliphatic rings. The second-order valence-corrected chi connectivity index (χ2v) is 21.6. The number of carbonyl (C=O) groups excluding carboxylic acids is 3. The van der Waals surface area contributed by atoms with Crippen LogP contribution in [0.5, 0.6) is 23.5 Å². The molecule has 6 rings (SSSR count). The van der Waals surface area contributed by atoms with Gasteiger partial charge < -0.3 is 50.9 Å². The Hall–Kier alpha value is -8.19. The van der Waals surface area contributed by atoms with E-state index in [2.05, 4.69) is 45.3 Å². The number of methoxy groups -OCH3 is 1. The van der Waals surface area contributed by atoms with Crippen molar-refractivity contribution < 1.29 is 62.7 Å². The number of anilines is 4. The minimum absolute atomic E-state index is 0.00287. The number of carboxylic acid groups (broad SMARTS) is 1. The standard InChI is InChI=1S/C15H21ClN2O4.C14H19ClN2O4.C7H7ClN2O3.C7H9ClN2O.C5H2Cl2N2O2.C5H4ClN3O2/c1-5-22-14-11(6-10(16)9-17-14)18-12(19)7-15(2,3)8-13(20)21-4;1-4-21-13-10(5-9(15)8-16-13)17-11(18)6-14(2,3)7-12(19)20;1-2-13-7-6(10(11)12)3-5(8)4-9-7;1-2-11-7-6(9)3-5(8)4-10-7;2*6-3-1-4(9(10)11)5(7)8-2-3/h6,9H,5,7-8H2,1-4H3,(H,18,19);5,8H,4,6-7H2,1-3H3,(H,17,18)(H,19,20);3-4H,2H2,1H3;3-4H,2,9H2,1H3;1-2H;1-2H,(H2,7,8). The van der Waals surface area contributed by atoms with Crippen molar-refractivity contribution in [2.75, 3.05) is 55.6 Å². The number of nitrogens with zero attached hydrogens (tertiary/aromatic N) is 9. The summed E-state index contributed by atoms with van der Waals surface area (Å²) in [4.78, 5) is 98.0. The Kier molecular flexibility index (Phi) is 35.1. The summed E-state index contributed by atoms with van der Waals surface area (Å²) >= 11 is 39.2. The number of hydrogen-bond donors (Lipinski definition) is 5. The Balaban J connectivity index is 0.000000548. The Morgan fingerprint density at radius 1 is 0.494 bits per heavy atom. The van der Waals surface area contributed by atoms with Crippen LogP contribution in [0.2, 0.25) is 35.3 Å². The van der Waals surface area contributed by atoms with Crippen molar-refractivity contribution in [3.05, 3.63) is 139 Å². The largest absolute Gasteiger partial charge is 0.481 e. The van der Waals surface area contributed by atoms with Gasteiger partial charge in [0.05, 0.1) is 103 Å². The van der Waals surface area contributed by atoms with E-state index in [-0.39, 0.29) is 98.3 Å². The predicted molar refractivity (Wildman–Crippen MR) is 337 cm³/mol. The number of carboxylic acids is 1. The molecule has 6 aromatic rings. The number of aromatic nitrogens is 6. The van der Waals surface area contributed by atoms with Crippen molar-refractivity contribution in [2.24, 2.45) is 10.8 Å². The number of nitrogens with two attached hydrogens (primary N) is 2. The quantitative estimate of drug-likeness (QED) is 0.0193. The molecular weight excluding hydrogens is 1320 g/mol. The molecular formula is C53H62Cl7N13O16. The number of amides is 2. The number of aliphatic carboxylic acids is 1. The fourth-order valence-corrected chi connectivity index (χ4v) is 7.52. The van der Waals surface area contributed by atoms with Gasteiger partial charge >= 0.3 is 29.0 Å². The van der Waals surface area contributed by atoms with Gasteiger partial charge in [-0.25, -0.2) is 29.9 Å². The van der Waals surface area contributed by atoms with Gasteiger partial charge in [0.15, 0.2) is 0 Å². The van der Waals surface area contributed by atoms with E-state index in [1.807, 2.05) is 27.7 Å². The fraction of sp³-hybridized carbons (Fsp3) is 0.358. The maximum Gasteiger partial charge on any atom is 0.332 e. The molecule has 0 aliphatic carbocycles. The first-order valence-corrected chi connectivity index (χ1v) is 28.2. The minimum atomic E-state index is -0.938. The number of carbonyl (C=O) groups is 4. The lowest BCUT2D eigenvalue weighted by Crippen LogP contribution is -2.25. The van der Waals surface area contributed by atoms with Gasteiger partial charge in [0.1, 0.15) is 11.4 Å². The molecule has 89 heavy (non-hydrogen) atoms. The molecule has 0 bridgehead atoms. The first kappa shape index (κ1) is 78.8. The van der Waals surface area contributed by atoms with Crippen LogP contribution in [-0.4, -0.2) is 107 Å². The lowest BCUT2D eigenvalue weighted by atomic mass is 9.85. The maximum atomic E-state index is 12.2. The molecule has 0 atom stereocenters. The predicted octanol–water partition coefficient (Wildman–Crippen LogP) is 13.3.